The van der Waals surface area contributed by atoms with E-state index in [4.69, 9.17) is 16.3 Å². The highest BCUT2D eigenvalue weighted by molar-refractivity contribution is 7.21. The molecule has 5 heteroatoms. The normalized spacial score (nSPS) is 15.6. The summed E-state index contributed by atoms with van der Waals surface area (Å²) in [5, 5.41) is 1.50. The van der Waals surface area contributed by atoms with E-state index in [0.717, 1.165) is 41.8 Å². The highest BCUT2D eigenvalue weighted by Crippen LogP contribution is 2.38. The Kier molecular flexibility index (Phi) is 3.85. The second kappa shape index (κ2) is 5.62. The fourth-order valence-electron chi connectivity index (χ4n) is 2.55. The van der Waals surface area contributed by atoms with Gasteiger partial charge in [0.25, 0.3) is 5.91 Å². The zero-order valence-electron chi connectivity index (χ0n) is 11.3. The van der Waals surface area contributed by atoms with Crippen molar-refractivity contribution >= 4 is 38.9 Å². The van der Waals surface area contributed by atoms with Crippen molar-refractivity contribution in [3.63, 3.8) is 0 Å². The van der Waals surface area contributed by atoms with Crippen LogP contribution in [0.1, 0.15) is 28.9 Å². The van der Waals surface area contributed by atoms with Crippen LogP contribution in [0.4, 0.5) is 0 Å². The van der Waals surface area contributed by atoms with Crippen LogP contribution in [-0.4, -0.2) is 31.0 Å². The van der Waals surface area contributed by atoms with Crippen LogP contribution in [0.2, 0.25) is 5.02 Å². The van der Waals surface area contributed by atoms with E-state index >= 15 is 0 Å². The van der Waals surface area contributed by atoms with Crippen molar-refractivity contribution in [2.45, 2.75) is 19.3 Å². The van der Waals surface area contributed by atoms with Crippen LogP contribution >= 0.6 is 22.9 Å². The molecule has 20 heavy (non-hydrogen) atoms. The van der Waals surface area contributed by atoms with Gasteiger partial charge in [0.1, 0.15) is 10.6 Å². The van der Waals surface area contributed by atoms with E-state index in [9.17, 15) is 4.79 Å². The molecule has 2 heterocycles. The van der Waals surface area contributed by atoms with Gasteiger partial charge in [-0.2, -0.15) is 0 Å². The fourth-order valence-corrected chi connectivity index (χ4v) is 4.06. The second-order valence-electron chi connectivity index (χ2n) is 4.96. The van der Waals surface area contributed by atoms with E-state index in [1.807, 2.05) is 23.1 Å². The van der Waals surface area contributed by atoms with Crippen LogP contribution < -0.4 is 4.74 Å². The molecule has 2 aromatic rings. The van der Waals surface area contributed by atoms with Gasteiger partial charge in [-0.05, 0) is 37.5 Å². The van der Waals surface area contributed by atoms with E-state index in [1.165, 1.54) is 17.8 Å². The maximum atomic E-state index is 12.6. The van der Waals surface area contributed by atoms with Crippen LogP contribution in [0.25, 0.3) is 10.1 Å². The van der Waals surface area contributed by atoms with Gasteiger partial charge in [0.15, 0.2) is 0 Å². The molecule has 1 aliphatic heterocycles. The molecular weight excluding hydrogens is 294 g/mol. The molecule has 3 rings (SSSR count). The Labute approximate surface area is 127 Å². The third kappa shape index (κ3) is 2.38. The minimum absolute atomic E-state index is 0.0647. The lowest BCUT2D eigenvalue weighted by Crippen LogP contribution is -2.35. The summed E-state index contributed by atoms with van der Waals surface area (Å²) in [5.74, 6) is 0.849. The Balaban J connectivity index is 1.98. The van der Waals surface area contributed by atoms with Crippen LogP contribution in [0.15, 0.2) is 18.2 Å². The topological polar surface area (TPSA) is 29.5 Å². The number of ether oxygens (including phenoxy) is 1. The number of thiophene rings is 1. The third-order valence-corrected chi connectivity index (χ3v) is 5.32. The molecule has 1 aromatic heterocycles. The average molecular weight is 310 g/mol. The summed E-state index contributed by atoms with van der Waals surface area (Å²) in [6.07, 6.45) is 3.38. The van der Waals surface area contributed by atoms with E-state index in [1.54, 1.807) is 7.11 Å². The first-order chi connectivity index (χ1) is 9.70. The van der Waals surface area contributed by atoms with Crippen molar-refractivity contribution in [3.05, 3.63) is 28.1 Å². The van der Waals surface area contributed by atoms with Gasteiger partial charge < -0.3 is 9.64 Å². The molecule has 1 saturated heterocycles. The SMILES string of the molecule is COc1ccc2c(Cl)c(C(=O)N3CCCCC3)sc2c1. The number of carbonyl (C=O) groups is 1. The molecule has 106 valence electrons. The number of halogens is 1. The highest BCUT2D eigenvalue weighted by Gasteiger charge is 2.23. The lowest BCUT2D eigenvalue weighted by atomic mass is 10.1. The number of amides is 1. The molecule has 0 unspecified atom stereocenters. The largest absolute Gasteiger partial charge is 0.497 e. The Hall–Kier alpha value is -1.26. The third-order valence-electron chi connectivity index (χ3n) is 3.67. The Bertz CT molecular complexity index is 647. The van der Waals surface area contributed by atoms with Gasteiger partial charge in [0.2, 0.25) is 0 Å². The van der Waals surface area contributed by atoms with E-state index in [-0.39, 0.29) is 5.91 Å². The number of hydrogen-bond donors (Lipinski definition) is 0. The standard InChI is InChI=1S/C15H16ClNO2S/c1-19-10-5-6-11-12(9-10)20-14(13(11)16)15(18)17-7-3-2-4-8-17/h5-6,9H,2-4,7-8H2,1H3. The van der Waals surface area contributed by atoms with E-state index in [2.05, 4.69) is 0 Å². The summed E-state index contributed by atoms with van der Waals surface area (Å²) in [6.45, 7) is 1.68. The fraction of sp³-hybridized carbons (Fsp3) is 0.400. The molecular formula is C15H16ClNO2S. The molecule has 0 saturated carbocycles. The molecule has 0 atom stereocenters. The number of methoxy groups -OCH3 is 1. The Morgan fingerprint density at radius 3 is 2.75 bits per heavy atom. The zero-order chi connectivity index (χ0) is 14.1. The minimum atomic E-state index is 0.0647. The number of likely N-dealkylation sites (tertiary alicyclic amines) is 1. The number of carbonyl (C=O) groups excluding carboxylic acids is 1. The van der Waals surface area contributed by atoms with Gasteiger partial charge >= 0.3 is 0 Å². The van der Waals surface area contributed by atoms with Crippen molar-refractivity contribution in [2.75, 3.05) is 20.2 Å². The smallest absolute Gasteiger partial charge is 0.265 e. The van der Waals surface area contributed by atoms with Crippen molar-refractivity contribution in [1.29, 1.82) is 0 Å². The Morgan fingerprint density at radius 2 is 2.05 bits per heavy atom. The number of rotatable bonds is 2. The predicted octanol–water partition coefficient (Wildman–Crippen LogP) is 4.19. The van der Waals surface area contributed by atoms with Crippen molar-refractivity contribution in [3.8, 4) is 5.75 Å². The van der Waals surface area contributed by atoms with E-state index in [0.29, 0.717) is 9.90 Å². The molecule has 1 fully saturated rings. The first kappa shape index (κ1) is 13.7. The lowest BCUT2D eigenvalue weighted by Gasteiger charge is -2.26. The minimum Gasteiger partial charge on any atom is -0.497 e. The number of nitrogens with zero attached hydrogens (tertiary/aromatic N) is 1. The quantitative estimate of drug-likeness (QED) is 0.832. The first-order valence-electron chi connectivity index (χ1n) is 6.76. The van der Waals surface area contributed by atoms with E-state index < -0.39 is 0 Å². The van der Waals surface area contributed by atoms with Crippen LogP contribution in [-0.2, 0) is 0 Å². The van der Waals surface area contributed by atoms with Gasteiger partial charge in [-0.1, -0.05) is 11.6 Å². The molecule has 1 amide bonds. The number of hydrogen-bond acceptors (Lipinski definition) is 3. The average Bonchev–Trinajstić information content (AvgIpc) is 2.84. The summed E-state index contributed by atoms with van der Waals surface area (Å²) in [6, 6.07) is 5.72. The summed E-state index contributed by atoms with van der Waals surface area (Å²) in [4.78, 5) is 15.1. The summed E-state index contributed by atoms with van der Waals surface area (Å²) in [5.41, 5.74) is 0. The molecule has 0 spiro atoms. The summed E-state index contributed by atoms with van der Waals surface area (Å²) >= 11 is 7.84. The zero-order valence-corrected chi connectivity index (χ0v) is 12.9. The van der Waals surface area contributed by atoms with Gasteiger partial charge in [-0.15, -0.1) is 11.3 Å². The van der Waals surface area contributed by atoms with Crippen molar-refractivity contribution in [1.82, 2.24) is 4.90 Å². The summed E-state index contributed by atoms with van der Waals surface area (Å²) < 4.78 is 6.21. The van der Waals surface area contributed by atoms with Crippen LogP contribution in [0, 0.1) is 0 Å². The van der Waals surface area contributed by atoms with Gasteiger partial charge in [0.05, 0.1) is 12.1 Å². The molecule has 0 radical (unpaired) electrons. The lowest BCUT2D eigenvalue weighted by molar-refractivity contribution is 0.0729. The Morgan fingerprint density at radius 1 is 1.30 bits per heavy atom. The maximum Gasteiger partial charge on any atom is 0.265 e. The van der Waals surface area contributed by atoms with Gasteiger partial charge in [-0.3, -0.25) is 4.79 Å². The number of piperidine rings is 1. The van der Waals surface area contributed by atoms with Crippen molar-refractivity contribution < 1.29 is 9.53 Å². The molecule has 1 aliphatic rings. The summed E-state index contributed by atoms with van der Waals surface area (Å²) in [7, 11) is 1.64. The molecule has 3 nitrogen and oxygen atoms in total. The van der Waals surface area contributed by atoms with Crippen LogP contribution in [0.5, 0.6) is 5.75 Å². The monoisotopic (exact) mass is 309 g/mol. The molecule has 0 N–H and O–H groups in total. The predicted molar refractivity (Wildman–Crippen MR) is 83.1 cm³/mol. The van der Waals surface area contributed by atoms with Gasteiger partial charge in [0, 0.05) is 23.2 Å². The molecule has 1 aromatic carbocycles. The van der Waals surface area contributed by atoms with Crippen LogP contribution in [0.3, 0.4) is 0 Å². The highest BCUT2D eigenvalue weighted by atomic mass is 35.5. The number of fused-ring (bicyclic) bond motifs is 1. The van der Waals surface area contributed by atoms with Crippen molar-refractivity contribution in [2.24, 2.45) is 0 Å². The maximum absolute atomic E-state index is 12.6. The number of benzene rings is 1. The second-order valence-corrected chi connectivity index (χ2v) is 6.39. The molecule has 0 aliphatic carbocycles. The molecule has 0 bridgehead atoms. The first-order valence-corrected chi connectivity index (χ1v) is 7.95. The van der Waals surface area contributed by atoms with Gasteiger partial charge in [-0.25, -0.2) is 0 Å².